The molecule has 0 aliphatic carbocycles. The summed E-state index contributed by atoms with van der Waals surface area (Å²) in [5.74, 6) is -1.34. The van der Waals surface area contributed by atoms with Gasteiger partial charge in [-0.15, -0.1) is 0 Å². The van der Waals surface area contributed by atoms with Crippen molar-refractivity contribution >= 4 is 38.9 Å². The summed E-state index contributed by atoms with van der Waals surface area (Å²) in [6, 6.07) is 11.4. The zero-order valence-corrected chi connectivity index (χ0v) is 16.7. The first-order valence-electron chi connectivity index (χ1n) is 7.99. The summed E-state index contributed by atoms with van der Waals surface area (Å²) >= 11 is 5.04. The van der Waals surface area contributed by atoms with Crippen LogP contribution in [0.2, 0.25) is 0 Å². The second kappa shape index (κ2) is 8.12. The van der Waals surface area contributed by atoms with Gasteiger partial charge in [-0.2, -0.15) is 0 Å². The van der Waals surface area contributed by atoms with Crippen LogP contribution in [0.15, 0.2) is 53.4 Å². The van der Waals surface area contributed by atoms with Gasteiger partial charge in [0.1, 0.15) is 5.82 Å². The molecule has 144 valence electrons. The van der Waals surface area contributed by atoms with Crippen molar-refractivity contribution in [2.24, 2.45) is 0 Å². The molecule has 0 aliphatic rings. The topological polar surface area (TPSA) is 87.3 Å². The fourth-order valence-electron chi connectivity index (χ4n) is 2.16. The van der Waals surface area contributed by atoms with Crippen molar-refractivity contribution in [3.63, 3.8) is 0 Å². The van der Waals surface area contributed by atoms with E-state index in [2.05, 4.69) is 15.4 Å². The minimum absolute atomic E-state index is 0.0355. The summed E-state index contributed by atoms with van der Waals surface area (Å²) in [6.45, 7) is 5.24. The van der Waals surface area contributed by atoms with Gasteiger partial charge in [0, 0.05) is 11.2 Å². The van der Waals surface area contributed by atoms with Crippen LogP contribution in [0.25, 0.3) is 0 Å². The number of hydrogen-bond donors (Lipinski definition) is 3. The maximum Gasteiger partial charge on any atom is 0.260 e. The largest absolute Gasteiger partial charge is 0.332 e. The molecule has 0 heterocycles. The van der Waals surface area contributed by atoms with Crippen molar-refractivity contribution in [3.05, 3.63) is 59.9 Å². The van der Waals surface area contributed by atoms with Crippen LogP contribution in [0.4, 0.5) is 10.1 Å². The third-order valence-electron chi connectivity index (χ3n) is 3.21. The normalized spacial score (nSPS) is 11.7. The van der Waals surface area contributed by atoms with E-state index in [1.165, 1.54) is 42.5 Å². The smallest absolute Gasteiger partial charge is 0.260 e. The van der Waals surface area contributed by atoms with Crippen LogP contribution >= 0.6 is 12.2 Å². The summed E-state index contributed by atoms with van der Waals surface area (Å²) in [6.07, 6.45) is 0. The third-order valence-corrected chi connectivity index (χ3v) is 5.19. The molecule has 27 heavy (non-hydrogen) atoms. The number of amides is 1. The molecular formula is C18H20FN3O3S2. The minimum Gasteiger partial charge on any atom is -0.332 e. The maximum atomic E-state index is 13.6. The number of carbonyl (C=O) groups excluding carboxylic acids is 1. The fourth-order valence-corrected chi connectivity index (χ4v) is 3.79. The summed E-state index contributed by atoms with van der Waals surface area (Å²) in [5, 5.41) is 5.09. The van der Waals surface area contributed by atoms with Crippen molar-refractivity contribution in [2.75, 3.05) is 5.32 Å². The lowest BCUT2D eigenvalue weighted by Gasteiger charge is -2.20. The van der Waals surface area contributed by atoms with Crippen molar-refractivity contribution < 1.29 is 17.6 Å². The number of benzene rings is 2. The van der Waals surface area contributed by atoms with E-state index < -0.39 is 27.3 Å². The Balaban J connectivity index is 2.03. The molecule has 0 saturated carbocycles. The molecule has 0 aromatic heterocycles. The second-order valence-corrected chi connectivity index (χ2v) is 8.86. The van der Waals surface area contributed by atoms with E-state index >= 15 is 0 Å². The van der Waals surface area contributed by atoms with Gasteiger partial charge >= 0.3 is 0 Å². The number of halogens is 1. The first kappa shape index (κ1) is 20.9. The maximum absolute atomic E-state index is 13.6. The highest BCUT2D eigenvalue weighted by Gasteiger charge is 2.21. The lowest BCUT2D eigenvalue weighted by molar-refractivity contribution is 0.0974. The van der Waals surface area contributed by atoms with Gasteiger partial charge in [-0.05, 0) is 69.4 Å². The Bertz CT molecular complexity index is 953. The zero-order chi connectivity index (χ0) is 20.2. The summed E-state index contributed by atoms with van der Waals surface area (Å²) < 4.78 is 40.7. The number of hydrogen-bond acceptors (Lipinski definition) is 4. The highest BCUT2D eigenvalue weighted by atomic mass is 32.2. The Morgan fingerprint density at radius 1 is 1.04 bits per heavy atom. The molecule has 9 heteroatoms. The van der Waals surface area contributed by atoms with Crippen molar-refractivity contribution in [3.8, 4) is 0 Å². The summed E-state index contributed by atoms with van der Waals surface area (Å²) in [4.78, 5) is 12.1. The van der Waals surface area contributed by atoms with Gasteiger partial charge in [-0.3, -0.25) is 10.1 Å². The number of thiocarbonyl (C=S) groups is 1. The quantitative estimate of drug-likeness (QED) is 0.676. The van der Waals surface area contributed by atoms with E-state index in [-0.39, 0.29) is 15.6 Å². The van der Waals surface area contributed by atoms with Gasteiger partial charge in [0.2, 0.25) is 10.0 Å². The minimum atomic E-state index is -3.65. The molecule has 0 fully saturated rings. The van der Waals surface area contributed by atoms with Crippen molar-refractivity contribution in [1.29, 1.82) is 0 Å². The van der Waals surface area contributed by atoms with Crippen molar-refractivity contribution in [2.45, 2.75) is 31.2 Å². The molecule has 0 aliphatic heterocycles. The molecule has 0 bridgehead atoms. The number of nitrogens with one attached hydrogen (secondary N) is 3. The van der Waals surface area contributed by atoms with E-state index in [4.69, 9.17) is 12.2 Å². The molecular weight excluding hydrogens is 389 g/mol. The number of sulfonamides is 1. The monoisotopic (exact) mass is 409 g/mol. The number of rotatable bonds is 4. The Labute approximate surface area is 163 Å². The van der Waals surface area contributed by atoms with E-state index in [9.17, 15) is 17.6 Å². The molecule has 2 rings (SSSR count). The third kappa shape index (κ3) is 6.09. The summed E-state index contributed by atoms with van der Waals surface area (Å²) in [7, 11) is -3.65. The van der Waals surface area contributed by atoms with Gasteiger partial charge in [-0.1, -0.05) is 12.1 Å². The van der Waals surface area contributed by atoms with E-state index in [0.717, 1.165) is 0 Å². The van der Waals surface area contributed by atoms with Crippen LogP contribution in [0.3, 0.4) is 0 Å². The predicted octanol–water partition coefficient (Wildman–Crippen LogP) is 3.03. The van der Waals surface area contributed by atoms with Crippen LogP contribution in [0.5, 0.6) is 0 Å². The van der Waals surface area contributed by atoms with Crippen LogP contribution in [-0.4, -0.2) is 25.0 Å². The first-order valence-corrected chi connectivity index (χ1v) is 9.88. The van der Waals surface area contributed by atoms with Crippen LogP contribution in [-0.2, 0) is 10.0 Å². The summed E-state index contributed by atoms with van der Waals surface area (Å²) in [5.41, 5.74) is -0.256. The Kier molecular flexibility index (Phi) is 6.30. The molecule has 0 radical (unpaired) electrons. The molecule has 0 saturated heterocycles. The fraction of sp³-hybridized carbons (Fsp3) is 0.222. The highest BCUT2D eigenvalue weighted by molar-refractivity contribution is 7.89. The molecule has 0 unspecified atom stereocenters. The average molecular weight is 410 g/mol. The zero-order valence-electron chi connectivity index (χ0n) is 15.0. The molecule has 0 atom stereocenters. The lowest BCUT2D eigenvalue weighted by Crippen LogP contribution is -2.40. The van der Waals surface area contributed by atoms with Gasteiger partial charge in [-0.25, -0.2) is 17.5 Å². The SMILES string of the molecule is CC(C)(C)NS(=O)(=O)c1ccc(NC(=S)NC(=O)c2ccccc2F)cc1. The molecule has 6 nitrogen and oxygen atoms in total. The van der Waals surface area contributed by atoms with E-state index in [1.54, 1.807) is 26.8 Å². The molecule has 0 spiro atoms. The molecule has 2 aromatic rings. The van der Waals surface area contributed by atoms with Gasteiger partial charge in [0.25, 0.3) is 5.91 Å². The predicted molar refractivity (Wildman–Crippen MR) is 107 cm³/mol. The van der Waals surface area contributed by atoms with Crippen LogP contribution in [0.1, 0.15) is 31.1 Å². The van der Waals surface area contributed by atoms with Crippen molar-refractivity contribution in [1.82, 2.24) is 10.0 Å². The first-order chi connectivity index (χ1) is 12.5. The van der Waals surface area contributed by atoms with Gasteiger partial charge in [0.05, 0.1) is 10.5 Å². The Hall–Kier alpha value is -2.36. The second-order valence-electron chi connectivity index (χ2n) is 6.77. The van der Waals surface area contributed by atoms with Crippen LogP contribution in [0, 0.1) is 5.82 Å². The van der Waals surface area contributed by atoms with E-state index in [0.29, 0.717) is 5.69 Å². The van der Waals surface area contributed by atoms with Crippen LogP contribution < -0.4 is 15.4 Å². The van der Waals surface area contributed by atoms with E-state index in [1.807, 2.05) is 0 Å². The standard InChI is InChI=1S/C18H20FN3O3S2/c1-18(2,3)22-27(24,25)13-10-8-12(9-11-13)20-17(26)21-16(23)14-6-4-5-7-15(14)19/h4-11,22H,1-3H3,(H2,20,21,23,26). The average Bonchev–Trinajstić information content (AvgIpc) is 2.53. The molecule has 2 aromatic carbocycles. The lowest BCUT2D eigenvalue weighted by atomic mass is 10.1. The highest BCUT2D eigenvalue weighted by Crippen LogP contribution is 2.16. The number of anilines is 1. The molecule has 1 amide bonds. The van der Waals surface area contributed by atoms with Gasteiger partial charge < -0.3 is 5.32 Å². The Morgan fingerprint density at radius 2 is 1.63 bits per heavy atom. The Morgan fingerprint density at radius 3 is 2.19 bits per heavy atom. The number of carbonyl (C=O) groups is 1. The van der Waals surface area contributed by atoms with Gasteiger partial charge in [0.15, 0.2) is 5.11 Å². The molecule has 3 N–H and O–H groups in total.